The first-order valence-corrected chi connectivity index (χ1v) is 7.40. The Labute approximate surface area is 128 Å². The maximum atomic E-state index is 11.8. The lowest BCUT2D eigenvalue weighted by Gasteiger charge is -2.07. The smallest absolute Gasteiger partial charge is 0.251 e. The van der Waals surface area contributed by atoms with Gasteiger partial charge in [0.15, 0.2) is 0 Å². The topological polar surface area (TPSA) is 84.2 Å². The number of nitrogens with two attached hydrogens (primary N) is 1. The molecule has 0 aliphatic heterocycles. The number of hydrogen-bond acceptors (Lipinski definition) is 4. The fourth-order valence-corrected chi connectivity index (χ4v) is 2.59. The average molecular weight is 354 g/mol. The summed E-state index contributed by atoms with van der Waals surface area (Å²) in [7, 11) is 0. The number of carbonyl (C=O) groups is 2. The third-order valence-corrected chi connectivity index (χ3v) is 3.84. The Hall–Kier alpha value is -1.86. The van der Waals surface area contributed by atoms with Crippen LogP contribution in [0.3, 0.4) is 0 Å². The largest absolute Gasteiger partial charge is 0.376 e. The van der Waals surface area contributed by atoms with Crippen LogP contribution in [0.2, 0.25) is 0 Å². The molecular formula is C13H12BrN3O2S. The highest BCUT2D eigenvalue weighted by Gasteiger charge is 2.12. The van der Waals surface area contributed by atoms with Crippen molar-refractivity contribution in [2.24, 2.45) is 5.73 Å². The van der Waals surface area contributed by atoms with Gasteiger partial charge in [0.25, 0.3) is 5.91 Å². The Morgan fingerprint density at radius 3 is 2.55 bits per heavy atom. The summed E-state index contributed by atoms with van der Waals surface area (Å²) < 4.78 is 0.970. The number of nitrogens with one attached hydrogen (secondary N) is 2. The third-order valence-electron chi connectivity index (χ3n) is 2.48. The molecule has 20 heavy (non-hydrogen) atoms. The van der Waals surface area contributed by atoms with Gasteiger partial charge < -0.3 is 16.4 Å². The van der Waals surface area contributed by atoms with Crippen molar-refractivity contribution in [2.75, 3.05) is 17.2 Å². The zero-order chi connectivity index (χ0) is 14.5. The van der Waals surface area contributed by atoms with Crippen LogP contribution in [0.1, 0.15) is 10.4 Å². The molecule has 2 amide bonds. The first-order chi connectivity index (χ1) is 9.56. The molecular weight excluding hydrogens is 342 g/mol. The van der Waals surface area contributed by atoms with Crippen LogP contribution in [0.5, 0.6) is 0 Å². The van der Waals surface area contributed by atoms with Crippen LogP contribution in [-0.2, 0) is 4.79 Å². The predicted octanol–water partition coefficient (Wildman–Crippen LogP) is 2.66. The molecule has 0 saturated carbocycles. The molecule has 0 bridgehead atoms. The summed E-state index contributed by atoms with van der Waals surface area (Å²) in [5, 5.41) is 7.83. The van der Waals surface area contributed by atoms with E-state index in [-0.39, 0.29) is 12.5 Å². The molecule has 4 N–H and O–H groups in total. The maximum absolute atomic E-state index is 11.8. The molecule has 0 atom stereocenters. The molecule has 0 saturated heterocycles. The van der Waals surface area contributed by atoms with Crippen molar-refractivity contribution in [1.29, 1.82) is 0 Å². The van der Waals surface area contributed by atoms with Crippen molar-refractivity contribution >= 4 is 49.8 Å². The van der Waals surface area contributed by atoms with Crippen LogP contribution < -0.4 is 16.4 Å². The van der Waals surface area contributed by atoms with Crippen molar-refractivity contribution in [3.63, 3.8) is 0 Å². The van der Waals surface area contributed by atoms with Crippen molar-refractivity contribution in [3.05, 3.63) is 45.7 Å². The predicted molar refractivity (Wildman–Crippen MR) is 84.1 cm³/mol. The highest BCUT2D eigenvalue weighted by atomic mass is 79.9. The molecule has 1 heterocycles. The summed E-state index contributed by atoms with van der Waals surface area (Å²) >= 11 is 4.60. The molecule has 1 aromatic heterocycles. The highest BCUT2D eigenvalue weighted by molar-refractivity contribution is 9.10. The quantitative estimate of drug-likeness (QED) is 0.772. The molecule has 0 unspecified atom stereocenters. The summed E-state index contributed by atoms with van der Waals surface area (Å²) in [4.78, 5) is 22.9. The van der Waals surface area contributed by atoms with E-state index in [1.165, 1.54) is 11.3 Å². The molecule has 2 rings (SSSR count). The molecule has 0 aliphatic carbocycles. The van der Waals surface area contributed by atoms with E-state index in [9.17, 15) is 9.59 Å². The van der Waals surface area contributed by atoms with Gasteiger partial charge in [0.2, 0.25) is 5.91 Å². The van der Waals surface area contributed by atoms with Crippen LogP contribution in [0.25, 0.3) is 0 Å². The Kier molecular flexibility index (Phi) is 4.75. The molecule has 1 aromatic carbocycles. The molecule has 2 aromatic rings. The number of thiophene rings is 1. The average Bonchev–Trinajstić information content (AvgIpc) is 2.86. The Morgan fingerprint density at radius 2 is 1.90 bits per heavy atom. The minimum atomic E-state index is -0.553. The number of halogens is 1. The fourth-order valence-electron chi connectivity index (χ4n) is 1.52. The second kappa shape index (κ2) is 6.53. The zero-order valence-corrected chi connectivity index (χ0v) is 12.8. The molecule has 7 heteroatoms. The standard InChI is InChI=1S/C13H12BrN3O2S/c14-8-1-3-9(4-2-8)16-7-11(18)17-13-10(12(15)19)5-6-20-13/h1-6,16H,7H2,(H2,15,19)(H,17,18). The Balaban J connectivity index is 1.91. The summed E-state index contributed by atoms with van der Waals surface area (Å²) in [5.74, 6) is -0.791. The summed E-state index contributed by atoms with van der Waals surface area (Å²) in [6.07, 6.45) is 0. The number of amides is 2. The van der Waals surface area contributed by atoms with Gasteiger partial charge in [-0.05, 0) is 35.7 Å². The van der Waals surface area contributed by atoms with Gasteiger partial charge in [-0.2, -0.15) is 0 Å². The normalized spacial score (nSPS) is 10.1. The van der Waals surface area contributed by atoms with E-state index in [0.717, 1.165) is 10.2 Å². The van der Waals surface area contributed by atoms with E-state index < -0.39 is 5.91 Å². The second-order valence-electron chi connectivity index (χ2n) is 3.94. The van der Waals surface area contributed by atoms with E-state index in [4.69, 9.17) is 5.73 Å². The number of benzene rings is 1. The van der Waals surface area contributed by atoms with Crippen molar-refractivity contribution < 1.29 is 9.59 Å². The first kappa shape index (κ1) is 14.5. The van der Waals surface area contributed by atoms with Gasteiger partial charge in [0.1, 0.15) is 5.00 Å². The summed E-state index contributed by atoms with van der Waals surface area (Å²) in [6.45, 7) is 0.109. The van der Waals surface area contributed by atoms with Gasteiger partial charge in [0.05, 0.1) is 12.1 Å². The number of hydrogen-bond donors (Lipinski definition) is 3. The van der Waals surface area contributed by atoms with Gasteiger partial charge in [-0.25, -0.2) is 0 Å². The lowest BCUT2D eigenvalue weighted by molar-refractivity contribution is -0.114. The molecule has 0 fully saturated rings. The minimum absolute atomic E-state index is 0.109. The van der Waals surface area contributed by atoms with Crippen LogP contribution >= 0.6 is 27.3 Å². The molecule has 0 aliphatic rings. The molecule has 0 spiro atoms. The van der Waals surface area contributed by atoms with Crippen LogP contribution in [0, 0.1) is 0 Å². The maximum Gasteiger partial charge on any atom is 0.251 e. The second-order valence-corrected chi connectivity index (χ2v) is 5.77. The van der Waals surface area contributed by atoms with E-state index in [2.05, 4.69) is 26.6 Å². The number of carbonyl (C=O) groups excluding carboxylic acids is 2. The van der Waals surface area contributed by atoms with Crippen LogP contribution in [0.4, 0.5) is 10.7 Å². The van der Waals surface area contributed by atoms with E-state index in [1.807, 2.05) is 24.3 Å². The van der Waals surface area contributed by atoms with Crippen molar-refractivity contribution in [1.82, 2.24) is 0 Å². The monoisotopic (exact) mass is 353 g/mol. The third kappa shape index (κ3) is 3.82. The molecule has 5 nitrogen and oxygen atoms in total. The SMILES string of the molecule is NC(=O)c1ccsc1NC(=O)CNc1ccc(Br)cc1. The minimum Gasteiger partial charge on any atom is -0.376 e. The Morgan fingerprint density at radius 1 is 1.20 bits per heavy atom. The number of anilines is 2. The van der Waals surface area contributed by atoms with Crippen molar-refractivity contribution in [3.8, 4) is 0 Å². The zero-order valence-electron chi connectivity index (χ0n) is 10.4. The van der Waals surface area contributed by atoms with Gasteiger partial charge in [-0.1, -0.05) is 15.9 Å². The van der Waals surface area contributed by atoms with Crippen LogP contribution in [-0.4, -0.2) is 18.4 Å². The fraction of sp³-hybridized carbons (Fsp3) is 0.0769. The van der Waals surface area contributed by atoms with E-state index >= 15 is 0 Å². The number of rotatable bonds is 5. The summed E-state index contributed by atoms with van der Waals surface area (Å²) in [5.41, 5.74) is 6.37. The Bertz CT molecular complexity index is 625. The first-order valence-electron chi connectivity index (χ1n) is 5.73. The van der Waals surface area contributed by atoms with Gasteiger partial charge >= 0.3 is 0 Å². The summed E-state index contributed by atoms with van der Waals surface area (Å²) in [6, 6.07) is 9.06. The van der Waals surface area contributed by atoms with Gasteiger partial charge in [-0.15, -0.1) is 11.3 Å². The lowest BCUT2D eigenvalue weighted by atomic mass is 10.3. The number of primary amides is 1. The van der Waals surface area contributed by atoms with E-state index in [1.54, 1.807) is 11.4 Å². The molecule has 104 valence electrons. The van der Waals surface area contributed by atoms with Gasteiger partial charge in [-0.3, -0.25) is 9.59 Å². The van der Waals surface area contributed by atoms with Crippen molar-refractivity contribution in [2.45, 2.75) is 0 Å². The van der Waals surface area contributed by atoms with E-state index in [0.29, 0.717) is 10.6 Å². The highest BCUT2D eigenvalue weighted by Crippen LogP contribution is 2.22. The van der Waals surface area contributed by atoms with Gasteiger partial charge in [0, 0.05) is 10.2 Å². The van der Waals surface area contributed by atoms with Crippen LogP contribution in [0.15, 0.2) is 40.2 Å². The lowest BCUT2D eigenvalue weighted by Crippen LogP contribution is -2.23. The molecule has 0 radical (unpaired) electrons.